The first-order valence-corrected chi connectivity index (χ1v) is 10.1. The van der Waals surface area contributed by atoms with Crippen LogP contribution in [0, 0.1) is 12.7 Å². The second-order valence-electron chi connectivity index (χ2n) is 7.54. The summed E-state index contributed by atoms with van der Waals surface area (Å²) in [5, 5.41) is 12.4. The van der Waals surface area contributed by atoms with E-state index in [2.05, 4.69) is 20.2 Å². The lowest BCUT2D eigenvalue weighted by Crippen LogP contribution is -2.48. The van der Waals surface area contributed by atoms with Gasteiger partial charge in [0.05, 0.1) is 5.69 Å². The highest BCUT2D eigenvalue weighted by molar-refractivity contribution is 5.76. The van der Waals surface area contributed by atoms with Crippen LogP contribution in [0.25, 0.3) is 11.6 Å². The lowest BCUT2D eigenvalue weighted by molar-refractivity contribution is -0.133. The molecule has 0 spiro atoms. The summed E-state index contributed by atoms with van der Waals surface area (Å²) in [6.45, 7) is 5.19. The van der Waals surface area contributed by atoms with Gasteiger partial charge in [-0.3, -0.25) is 14.4 Å². The van der Waals surface area contributed by atoms with E-state index in [0.29, 0.717) is 49.8 Å². The predicted octanol–water partition coefficient (Wildman–Crippen LogP) is 2.19. The minimum Gasteiger partial charge on any atom is -0.419 e. The molecule has 9 heteroatoms. The van der Waals surface area contributed by atoms with E-state index in [-0.39, 0.29) is 11.7 Å². The van der Waals surface area contributed by atoms with Crippen LogP contribution in [0.3, 0.4) is 0 Å². The van der Waals surface area contributed by atoms with Gasteiger partial charge in [0.25, 0.3) is 5.89 Å². The molecule has 1 amide bonds. The Kier molecular flexibility index (Phi) is 5.89. The summed E-state index contributed by atoms with van der Waals surface area (Å²) in [5.74, 6) is 0.727. The maximum atomic E-state index is 13.8. The molecule has 3 heterocycles. The molecule has 1 aliphatic heterocycles. The van der Waals surface area contributed by atoms with Crippen LogP contribution in [0.5, 0.6) is 0 Å². The molecule has 2 aromatic heterocycles. The Hall–Kier alpha value is -3.07. The number of hydrogen-bond donors (Lipinski definition) is 0. The topological polar surface area (TPSA) is 80.3 Å². The molecule has 1 fully saturated rings. The lowest BCUT2D eigenvalue weighted by Gasteiger charge is -2.34. The third-order valence-electron chi connectivity index (χ3n) is 5.32. The Labute approximate surface area is 174 Å². The van der Waals surface area contributed by atoms with Crippen LogP contribution >= 0.6 is 0 Å². The van der Waals surface area contributed by atoms with Crippen molar-refractivity contribution >= 4 is 5.91 Å². The summed E-state index contributed by atoms with van der Waals surface area (Å²) in [4.78, 5) is 16.6. The van der Waals surface area contributed by atoms with Gasteiger partial charge in [0.15, 0.2) is 0 Å². The molecule has 0 radical (unpaired) electrons. The van der Waals surface area contributed by atoms with Crippen LogP contribution in [0.4, 0.5) is 4.39 Å². The molecule has 30 heavy (non-hydrogen) atoms. The van der Waals surface area contributed by atoms with Crippen molar-refractivity contribution in [2.45, 2.75) is 26.3 Å². The van der Waals surface area contributed by atoms with Gasteiger partial charge in [0.2, 0.25) is 11.8 Å². The van der Waals surface area contributed by atoms with Crippen molar-refractivity contribution in [1.29, 1.82) is 0 Å². The average Bonchev–Trinajstić information content (AvgIpc) is 3.34. The van der Waals surface area contributed by atoms with Crippen molar-refractivity contribution in [2.24, 2.45) is 7.05 Å². The molecule has 1 aromatic carbocycles. The van der Waals surface area contributed by atoms with E-state index < -0.39 is 0 Å². The van der Waals surface area contributed by atoms with Crippen LogP contribution in [-0.2, 0) is 24.8 Å². The number of hydrogen-bond acceptors (Lipinski definition) is 6. The highest BCUT2D eigenvalue weighted by Gasteiger charge is 2.22. The third kappa shape index (κ3) is 4.56. The Morgan fingerprint density at radius 2 is 1.93 bits per heavy atom. The Morgan fingerprint density at radius 1 is 1.17 bits per heavy atom. The number of rotatable bonds is 6. The molecular weight excluding hydrogens is 387 g/mol. The van der Waals surface area contributed by atoms with Crippen molar-refractivity contribution in [3.8, 4) is 11.6 Å². The molecule has 1 aliphatic rings. The highest BCUT2D eigenvalue weighted by atomic mass is 19.1. The van der Waals surface area contributed by atoms with Gasteiger partial charge in [-0.2, -0.15) is 5.10 Å². The van der Waals surface area contributed by atoms with E-state index in [4.69, 9.17) is 4.42 Å². The fourth-order valence-corrected chi connectivity index (χ4v) is 3.66. The zero-order valence-corrected chi connectivity index (χ0v) is 17.2. The molecule has 0 atom stereocenters. The maximum absolute atomic E-state index is 13.8. The molecule has 0 unspecified atom stereocenters. The zero-order valence-electron chi connectivity index (χ0n) is 17.2. The summed E-state index contributed by atoms with van der Waals surface area (Å²) >= 11 is 0. The van der Waals surface area contributed by atoms with Crippen LogP contribution in [0.1, 0.15) is 23.6 Å². The van der Waals surface area contributed by atoms with Crippen LogP contribution < -0.4 is 0 Å². The number of halogens is 1. The van der Waals surface area contributed by atoms with Crippen LogP contribution in [0.15, 0.2) is 34.7 Å². The molecule has 158 valence electrons. The summed E-state index contributed by atoms with van der Waals surface area (Å²) in [7, 11) is 1.82. The summed E-state index contributed by atoms with van der Waals surface area (Å²) in [5.41, 5.74) is 2.31. The van der Waals surface area contributed by atoms with Gasteiger partial charge in [0.1, 0.15) is 11.5 Å². The first-order valence-electron chi connectivity index (χ1n) is 10.1. The number of amides is 1. The van der Waals surface area contributed by atoms with Gasteiger partial charge in [-0.05, 0) is 19.1 Å². The molecule has 0 N–H and O–H groups in total. The Balaban J connectivity index is 1.26. The van der Waals surface area contributed by atoms with Gasteiger partial charge in [0, 0.05) is 58.2 Å². The molecule has 1 saturated heterocycles. The van der Waals surface area contributed by atoms with Gasteiger partial charge >= 0.3 is 0 Å². The number of piperazine rings is 1. The molecule has 0 bridgehead atoms. The van der Waals surface area contributed by atoms with Crippen molar-refractivity contribution in [3.05, 3.63) is 53.3 Å². The van der Waals surface area contributed by atoms with E-state index >= 15 is 0 Å². The molecular formula is C21H25FN6O2. The van der Waals surface area contributed by atoms with Crippen molar-refractivity contribution in [1.82, 2.24) is 29.8 Å². The van der Waals surface area contributed by atoms with E-state index in [1.807, 2.05) is 31.0 Å². The first-order chi connectivity index (χ1) is 14.5. The van der Waals surface area contributed by atoms with Crippen molar-refractivity contribution in [2.75, 3.05) is 26.2 Å². The highest BCUT2D eigenvalue weighted by Crippen LogP contribution is 2.19. The fourth-order valence-electron chi connectivity index (χ4n) is 3.66. The van der Waals surface area contributed by atoms with Crippen molar-refractivity contribution < 1.29 is 13.6 Å². The first kappa shape index (κ1) is 20.2. The summed E-state index contributed by atoms with van der Waals surface area (Å²) in [6, 6.07) is 8.70. The average molecular weight is 412 g/mol. The molecule has 3 aromatic rings. The van der Waals surface area contributed by atoms with E-state index in [1.165, 1.54) is 6.07 Å². The number of benzene rings is 1. The van der Waals surface area contributed by atoms with E-state index in [0.717, 1.165) is 24.5 Å². The number of aryl methyl sites for hydroxylation is 3. The molecule has 0 aliphatic carbocycles. The number of carbonyl (C=O) groups is 1. The number of carbonyl (C=O) groups excluding carboxylic acids is 1. The quantitative estimate of drug-likeness (QED) is 0.618. The summed E-state index contributed by atoms with van der Waals surface area (Å²) < 4.78 is 21.2. The number of aromatic nitrogens is 4. The largest absolute Gasteiger partial charge is 0.419 e. The maximum Gasteiger partial charge on any atom is 0.265 e. The van der Waals surface area contributed by atoms with E-state index in [9.17, 15) is 9.18 Å². The van der Waals surface area contributed by atoms with E-state index in [1.54, 1.807) is 16.8 Å². The second-order valence-corrected chi connectivity index (χ2v) is 7.54. The van der Waals surface area contributed by atoms with Crippen molar-refractivity contribution in [3.63, 3.8) is 0 Å². The van der Waals surface area contributed by atoms with Gasteiger partial charge < -0.3 is 9.32 Å². The minimum absolute atomic E-state index is 0.0664. The van der Waals surface area contributed by atoms with Gasteiger partial charge in [-0.15, -0.1) is 10.2 Å². The van der Waals surface area contributed by atoms with Crippen LogP contribution in [0.2, 0.25) is 0 Å². The Morgan fingerprint density at radius 3 is 2.63 bits per heavy atom. The second kappa shape index (κ2) is 8.74. The molecule has 8 nitrogen and oxygen atoms in total. The monoisotopic (exact) mass is 412 g/mol. The Bertz CT molecular complexity index is 1020. The minimum atomic E-state index is -0.184. The normalized spacial score (nSPS) is 15.0. The summed E-state index contributed by atoms with van der Waals surface area (Å²) in [6.07, 6.45) is 0.720. The lowest BCUT2D eigenvalue weighted by atomic mass is 10.1. The SMILES string of the molecule is Cc1cc(-c2nnc(CCC(=O)N3CCN(Cc4ccccc4F)CC3)o2)n(C)n1. The third-order valence-corrected chi connectivity index (χ3v) is 5.32. The standard InChI is InChI=1S/C21H25FN6O2/c1-15-13-18(26(2)25-15)21-24-23-19(30-21)7-8-20(29)28-11-9-27(10-12-28)14-16-5-3-4-6-17(16)22/h3-6,13H,7-12,14H2,1-2H3. The smallest absolute Gasteiger partial charge is 0.265 e. The fraction of sp³-hybridized carbons (Fsp3) is 0.429. The van der Waals surface area contributed by atoms with Gasteiger partial charge in [-0.1, -0.05) is 18.2 Å². The molecule has 4 rings (SSSR count). The van der Waals surface area contributed by atoms with Crippen LogP contribution in [-0.4, -0.2) is 61.9 Å². The molecule has 0 saturated carbocycles. The van der Waals surface area contributed by atoms with Gasteiger partial charge in [-0.25, -0.2) is 4.39 Å². The predicted molar refractivity (Wildman–Crippen MR) is 108 cm³/mol. The zero-order chi connectivity index (χ0) is 21.1. The number of nitrogens with zero attached hydrogens (tertiary/aromatic N) is 6.